The summed E-state index contributed by atoms with van der Waals surface area (Å²) in [5.41, 5.74) is 2.97. The number of carbonyl (C=O) groups is 1. The summed E-state index contributed by atoms with van der Waals surface area (Å²) in [7, 11) is 2.16. The highest BCUT2D eigenvalue weighted by Crippen LogP contribution is 2.25. The Morgan fingerprint density at radius 2 is 1.83 bits per heavy atom. The van der Waals surface area contributed by atoms with Gasteiger partial charge in [-0.25, -0.2) is 4.79 Å². The molecule has 0 unspecified atom stereocenters. The molecule has 1 fully saturated rings. The van der Waals surface area contributed by atoms with Gasteiger partial charge in [-0.05, 0) is 50.6 Å². The van der Waals surface area contributed by atoms with E-state index in [1.165, 1.54) is 36.7 Å². The van der Waals surface area contributed by atoms with Crippen LogP contribution in [0.3, 0.4) is 0 Å². The number of carbonyl (C=O) groups excluding carboxylic acids is 1. The number of amides is 1. The van der Waals surface area contributed by atoms with Gasteiger partial charge in [0.25, 0.3) is 0 Å². The summed E-state index contributed by atoms with van der Waals surface area (Å²) in [5.74, 6) is -0.763. The Morgan fingerprint density at radius 3 is 2.63 bits per heavy atom. The summed E-state index contributed by atoms with van der Waals surface area (Å²) in [6.45, 7) is 2.50. The Hall–Kier alpha value is -2.86. The minimum absolute atomic E-state index is 0.239. The first-order valence-electron chi connectivity index (χ1n) is 10.7. The van der Waals surface area contributed by atoms with E-state index >= 15 is 0 Å². The Bertz CT molecular complexity index is 1080. The van der Waals surface area contributed by atoms with E-state index in [9.17, 15) is 9.59 Å². The maximum Gasteiger partial charge on any atom is 0.420 e. The molecule has 1 saturated carbocycles. The third-order valence-corrected chi connectivity index (χ3v) is 6.18. The van der Waals surface area contributed by atoms with Gasteiger partial charge in [0.2, 0.25) is 5.91 Å². The summed E-state index contributed by atoms with van der Waals surface area (Å²) in [5, 5.41) is 3.03. The van der Waals surface area contributed by atoms with Crippen LogP contribution in [0.2, 0.25) is 0 Å². The molecule has 0 radical (unpaired) electrons. The van der Waals surface area contributed by atoms with Crippen LogP contribution < -0.4 is 11.1 Å². The molecule has 1 N–H and O–H groups in total. The van der Waals surface area contributed by atoms with E-state index in [2.05, 4.69) is 23.3 Å². The average Bonchev–Trinajstić information content (AvgIpc) is 3.10. The fraction of sp³-hybridized carbons (Fsp3) is 0.417. The molecule has 2 aromatic carbocycles. The van der Waals surface area contributed by atoms with Crippen molar-refractivity contribution in [1.82, 2.24) is 9.47 Å². The molecule has 1 aromatic heterocycles. The number of hydrogen-bond acceptors (Lipinski definition) is 4. The first kappa shape index (κ1) is 20.4. The van der Waals surface area contributed by atoms with Gasteiger partial charge in [0.15, 0.2) is 5.58 Å². The second-order valence-electron chi connectivity index (χ2n) is 8.24. The smallest absolute Gasteiger partial charge is 0.408 e. The van der Waals surface area contributed by atoms with Crippen molar-refractivity contribution in [2.24, 2.45) is 0 Å². The van der Waals surface area contributed by atoms with E-state index in [0.717, 1.165) is 17.8 Å². The molecule has 6 heteroatoms. The number of aromatic nitrogens is 1. The van der Waals surface area contributed by atoms with Crippen molar-refractivity contribution in [1.29, 1.82) is 0 Å². The lowest BCUT2D eigenvalue weighted by Gasteiger charge is -2.31. The predicted molar refractivity (Wildman–Crippen MR) is 119 cm³/mol. The SMILES string of the molecule is C[C@H](C(=O)Nc1ccccc1CN(C)C1CCCCC1)n1c(=O)oc2ccccc21. The van der Waals surface area contributed by atoms with Crippen molar-refractivity contribution < 1.29 is 9.21 Å². The standard InChI is InChI=1S/C24H29N3O3/c1-17(27-21-14-8-9-15-22(21)30-24(27)29)23(28)25-20-13-7-6-10-18(20)16-26(2)19-11-4-3-5-12-19/h6-10,13-15,17,19H,3-5,11-12,16H2,1-2H3,(H,25,28)/t17-/m1/s1. The van der Waals surface area contributed by atoms with Crippen LogP contribution in [0, 0.1) is 0 Å². The maximum absolute atomic E-state index is 13.0. The van der Waals surface area contributed by atoms with Crippen molar-refractivity contribution in [3.63, 3.8) is 0 Å². The van der Waals surface area contributed by atoms with Crippen molar-refractivity contribution in [3.05, 3.63) is 64.6 Å². The van der Waals surface area contributed by atoms with E-state index in [-0.39, 0.29) is 5.91 Å². The Balaban J connectivity index is 1.52. The summed E-state index contributed by atoms with van der Waals surface area (Å²) < 4.78 is 6.69. The summed E-state index contributed by atoms with van der Waals surface area (Å²) >= 11 is 0. The monoisotopic (exact) mass is 407 g/mol. The van der Waals surface area contributed by atoms with Gasteiger partial charge in [-0.2, -0.15) is 0 Å². The molecule has 0 aliphatic heterocycles. The number of rotatable bonds is 6. The van der Waals surface area contributed by atoms with Gasteiger partial charge in [0.05, 0.1) is 5.52 Å². The molecule has 1 amide bonds. The number of fused-ring (bicyclic) bond motifs is 1. The fourth-order valence-corrected chi connectivity index (χ4v) is 4.40. The van der Waals surface area contributed by atoms with Gasteiger partial charge in [-0.3, -0.25) is 14.3 Å². The third-order valence-electron chi connectivity index (χ3n) is 6.18. The molecule has 4 rings (SSSR count). The topological polar surface area (TPSA) is 67.5 Å². The Morgan fingerprint density at radius 1 is 1.13 bits per heavy atom. The number of benzene rings is 2. The van der Waals surface area contributed by atoms with Crippen LogP contribution in [0.25, 0.3) is 11.1 Å². The minimum Gasteiger partial charge on any atom is -0.408 e. The third kappa shape index (κ3) is 4.19. The van der Waals surface area contributed by atoms with E-state index < -0.39 is 11.8 Å². The number of nitrogens with one attached hydrogen (secondary N) is 1. The molecule has 3 aromatic rings. The lowest BCUT2D eigenvalue weighted by molar-refractivity contribution is -0.118. The summed E-state index contributed by atoms with van der Waals surface area (Å²) in [4.78, 5) is 27.7. The first-order chi connectivity index (χ1) is 14.5. The zero-order valence-corrected chi connectivity index (χ0v) is 17.6. The molecule has 6 nitrogen and oxygen atoms in total. The van der Waals surface area contributed by atoms with Crippen LogP contribution in [0.15, 0.2) is 57.7 Å². The van der Waals surface area contributed by atoms with Crippen LogP contribution in [0.4, 0.5) is 5.69 Å². The second-order valence-corrected chi connectivity index (χ2v) is 8.24. The molecule has 0 spiro atoms. The molecular formula is C24H29N3O3. The molecule has 0 saturated heterocycles. The molecule has 1 atom stereocenters. The zero-order chi connectivity index (χ0) is 21.1. The van der Waals surface area contributed by atoms with E-state index in [4.69, 9.17) is 4.42 Å². The zero-order valence-electron chi connectivity index (χ0n) is 17.6. The average molecular weight is 408 g/mol. The van der Waals surface area contributed by atoms with E-state index in [0.29, 0.717) is 17.1 Å². The van der Waals surface area contributed by atoms with E-state index in [1.54, 1.807) is 25.1 Å². The molecule has 0 bridgehead atoms. The number of para-hydroxylation sites is 3. The molecule has 158 valence electrons. The van der Waals surface area contributed by atoms with Gasteiger partial charge in [-0.15, -0.1) is 0 Å². The van der Waals surface area contributed by atoms with Crippen LogP contribution in [-0.4, -0.2) is 28.5 Å². The Kier molecular flexibility index (Phi) is 6.04. The fourth-order valence-electron chi connectivity index (χ4n) is 4.40. The van der Waals surface area contributed by atoms with Crippen LogP contribution in [0.1, 0.15) is 50.6 Å². The van der Waals surface area contributed by atoms with Gasteiger partial charge in [-0.1, -0.05) is 49.6 Å². The van der Waals surface area contributed by atoms with Crippen LogP contribution >= 0.6 is 0 Å². The number of anilines is 1. The summed E-state index contributed by atoms with van der Waals surface area (Å²) in [6, 6.07) is 15.0. The maximum atomic E-state index is 13.0. The van der Waals surface area contributed by atoms with Crippen LogP contribution in [-0.2, 0) is 11.3 Å². The van der Waals surface area contributed by atoms with Crippen LogP contribution in [0.5, 0.6) is 0 Å². The highest BCUT2D eigenvalue weighted by molar-refractivity contribution is 5.95. The number of oxazole rings is 1. The van der Waals surface area contributed by atoms with Gasteiger partial charge in [0, 0.05) is 18.3 Å². The quantitative estimate of drug-likeness (QED) is 0.650. The Labute approximate surface area is 176 Å². The molecule has 1 aliphatic rings. The van der Waals surface area contributed by atoms with Gasteiger partial charge >= 0.3 is 5.76 Å². The lowest BCUT2D eigenvalue weighted by Crippen LogP contribution is -2.33. The second kappa shape index (κ2) is 8.88. The number of hydrogen-bond donors (Lipinski definition) is 1. The van der Waals surface area contributed by atoms with Gasteiger partial charge < -0.3 is 9.73 Å². The number of nitrogens with zero attached hydrogens (tertiary/aromatic N) is 2. The highest BCUT2D eigenvalue weighted by Gasteiger charge is 2.23. The molecule has 1 aliphatic carbocycles. The highest BCUT2D eigenvalue weighted by atomic mass is 16.4. The first-order valence-corrected chi connectivity index (χ1v) is 10.7. The van der Waals surface area contributed by atoms with Crippen molar-refractivity contribution in [3.8, 4) is 0 Å². The van der Waals surface area contributed by atoms with Crippen molar-refractivity contribution >= 4 is 22.7 Å². The van der Waals surface area contributed by atoms with E-state index in [1.807, 2.05) is 24.3 Å². The largest absolute Gasteiger partial charge is 0.420 e. The van der Waals surface area contributed by atoms with Crippen molar-refractivity contribution in [2.75, 3.05) is 12.4 Å². The molecule has 30 heavy (non-hydrogen) atoms. The van der Waals surface area contributed by atoms with Crippen molar-refractivity contribution in [2.45, 2.75) is 57.7 Å². The lowest BCUT2D eigenvalue weighted by atomic mass is 9.94. The molecule has 1 heterocycles. The predicted octanol–water partition coefficient (Wildman–Crippen LogP) is 4.56. The normalized spacial score (nSPS) is 16.1. The molecular weight excluding hydrogens is 378 g/mol. The minimum atomic E-state index is -0.690. The summed E-state index contributed by atoms with van der Waals surface area (Å²) in [6.07, 6.45) is 6.38. The van der Waals surface area contributed by atoms with Gasteiger partial charge in [0.1, 0.15) is 6.04 Å².